The maximum atomic E-state index is 11.2. The van der Waals surface area contributed by atoms with Crippen LogP contribution in [0.25, 0.3) is 0 Å². The summed E-state index contributed by atoms with van der Waals surface area (Å²) >= 11 is 0. The van der Waals surface area contributed by atoms with E-state index in [2.05, 4.69) is 5.10 Å². The number of nitrogens with two attached hydrogens (primary N) is 1. The normalized spacial score (nSPS) is 11.9. The second-order valence-corrected chi connectivity index (χ2v) is 4.60. The molecule has 0 saturated heterocycles. The molecule has 14 heavy (non-hydrogen) atoms. The molecule has 1 aromatic rings. The minimum Gasteiger partial charge on any atom is -0.253 e. The Morgan fingerprint density at radius 3 is 2.57 bits per heavy atom. The van der Waals surface area contributed by atoms with Gasteiger partial charge in [0.25, 0.3) is 10.0 Å². The van der Waals surface area contributed by atoms with Gasteiger partial charge in [-0.2, -0.15) is 5.10 Å². The van der Waals surface area contributed by atoms with Gasteiger partial charge < -0.3 is 0 Å². The zero-order valence-electron chi connectivity index (χ0n) is 8.40. The first-order chi connectivity index (χ1) is 6.49. The first kappa shape index (κ1) is 11.2. The Kier molecular flexibility index (Phi) is 3.28. The van der Waals surface area contributed by atoms with Crippen LogP contribution in [0.5, 0.6) is 0 Å². The Balaban J connectivity index is 3.19. The lowest BCUT2D eigenvalue weighted by Crippen LogP contribution is -2.17. The van der Waals surface area contributed by atoms with Crippen LogP contribution in [-0.2, 0) is 23.0 Å². The lowest BCUT2D eigenvalue weighted by atomic mass is 10.3. The van der Waals surface area contributed by atoms with Crippen molar-refractivity contribution in [2.75, 3.05) is 0 Å². The highest BCUT2D eigenvalue weighted by atomic mass is 32.2. The van der Waals surface area contributed by atoms with Crippen molar-refractivity contribution in [3.05, 3.63) is 11.8 Å². The second kappa shape index (κ2) is 4.10. The van der Waals surface area contributed by atoms with Gasteiger partial charge >= 0.3 is 0 Å². The van der Waals surface area contributed by atoms with Crippen LogP contribution >= 0.6 is 0 Å². The highest BCUT2D eigenvalue weighted by molar-refractivity contribution is 7.89. The molecule has 0 aliphatic heterocycles. The average molecular weight is 217 g/mol. The largest absolute Gasteiger partial charge is 0.255 e. The van der Waals surface area contributed by atoms with Crippen molar-refractivity contribution in [1.82, 2.24) is 9.78 Å². The number of sulfonamides is 1. The minimum absolute atomic E-state index is 0.108. The molecule has 1 heterocycles. The Bertz CT molecular complexity index is 408. The number of primary sulfonamides is 1. The molecule has 1 rings (SSSR count). The zero-order valence-corrected chi connectivity index (χ0v) is 9.21. The molecule has 0 unspecified atom stereocenters. The Morgan fingerprint density at radius 2 is 2.14 bits per heavy atom. The van der Waals surface area contributed by atoms with Crippen LogP contribution in [-0.4, -0.2) is 18.2 Å². The maximum Gasteiger partial charge on any atom is 0.255 e. The number of rotatable bonds is 4. The molecular formula is C8H15N3O2S. The van der Waals surface area contributed by atoms with Crippen LogP contribution in [0.2, 0.25) is 0 Å². The average Bonchev–Trinajstić information content (AvgIpc) is 2.48. The highest BCUT2D eigenvalue weighted by Crippen LogP contribution is 2.10. The fourth-order valence-corrected chi connectivity index (χ4v) is 1.95. The number of nitrogens with zero attached hydrogens (tertiary/aromatic N) is 2. The van der Waals surface area contributed by atoms with Crippen molar-refractivity contribution >= 4 is 10.0 Å². The molecule has 0 amide bonds. The van der Waals surface area contributed by atoms with Gasteiger partial charge in [-0.15, -0.1) is 0 Å². The van der Waals surface area contributed by atoms with E-state index in [1.165, 1.54) is 10.7 Å². The lowest BCUT2D eigenvalue weighted by Gasteiger charge is -2.02. The molecule has 0 aromatic carbocycles. The third-order valence-electron chi connectivity index (χ3n) is 1.88. The van der Waals surface area contributed by atoms with E-state index in [4.69, 9.17) is 5.14 Å². The summed E-state index contributed by atoms with van der Waals surface area (Å²) in [5, 5.41) is 9.32. The molecule has 6 heteroatoms. The molecule has 0 atom stereocenters. The van der Waals surface area contributed by atoms with Crippen molar-refractivity contribution < 1.29 is 8.42 Å². The van der Waals surface area contributed by atoms with Crippen LogP contribution < -0.4 is 5.14 Å². The second-order valence-electron chi connectivity index (χ2n) is 3.10. The first-order valence-electron chi connectivity index (χ1n) is 4.58. The van der Waals surface area contributed by atoms with E-state index >= 15 is 0 Å². The van der Waals surface area contributed by atoms with Crippen molar-refractivity contribution in [3.8, 4) is 0 Å². The van der Waals surface area contributed by atoms with E-state index in [-0.39, 0.29) is 5.03 Å². The van der Waals surface area contributed by atoms with Gasteiger partial charge in [0, 0.05) is 6.54 Å². The van der Waals surface area contributed by atoms with Gasteiger partial charge in [0.05, 0.1) is 5.69 Å². The van der Waals surface area contributed by atoms with Crippen molar-refractivity contribution in [2.24, 2.45) is 5.14 Å². The molecule has 0 bridgehead atoms. The van der Waals surface area contributed by atoms with Crippen molar-refractivity contribution in [3.63, 3.8) is 0 Å². The van der Waals surface area contributed by atoms with Crippen LogP contribution in [0, 0.1) is 0 Å². The predicted octanol–water partition coefficient (Wildman–Crippen LogP) is 0.503. The third kappa shape index (κ3) is 2.33. The molecule has 80 valence electrons. The summed E-state index contributed by atoms with van der Waals surface area (Å²) in [5.74, 6) is 0. The molecule has 2 N–H and O–H groups in total. The summed E-state index contributed by atoms with van der Waals surface area (Å²) in [6, 6.07) is 1.53. The first-order valence-corrected chi connectivity index (χ1v) is 6.13. The summed E-state index contributed by atoms with van der Waals surface area (Å²) in [6.45, 7) is 4.46. The SMILES string of the molecule is CCCn1nc(CC)cc1S(N)(=O)=O. The number of hydrogen-bond donors (Lipinski definition) is 1. The lowest BCUT2D eigenvalue weighted by molar-refractivity contribution is 0.528. The molecule has 5 nitrogen and oxygen atoms in total. The van der Waals surface area contributed by atoms with Crippen LogP contribution in [0.15, 0.2) is 11.1 Å². The van der Waals surface area contributed by atoms with Gasteiger partial charge in [-0.1, -0.05) is 13.8 Å². The molecule has 0 spiro atoms. The molecular weight excluding hydrogens is 202 g/mol. The van der Waals surface area contributed by atoms with Crippen LogP contribution in [0.3, 0.4) is 0 Å². The van der Waals surface area contributed by atoms with E-state index < -0.39 is 10.0 Å². The molecule has 1 aromatic heterocycles. The van der Waals surface area contributed by atoms with E-state index in [1.54, 1.807) is 0 Å². The van der Waals surface area contributed by atoms with Gasteiger partial charge in [-0.05, 0) is 18.9 Å². The van der Waals surface area contributed by atoms with E-state index in [0.29, 0.717) is 13.0 Å². The van der Waals surface area contributed by atoms with Gasteiger partial charge in [-0.3, -0.25) is 4.68 Å². The molecule has 0 aliphatic carbocycles. The summed E-state index contributed by atoms with van der Waals surface area (Å²) in [5.41, 5.74) is 0.752. The fourth-order valence-electron chi connectivity index (χ4n) is 1.22. The number of aryl methyl sites for hydroxylation is 2. The van der Waals surface area contributed by atoms with E-state index in [1.807, 2.05) is 13.8 Å². The number of aromatic nitrogens is 2. The summed E-state index contributed by atoms with van der Waals surface area (Å²) in [6.07, 6.45) is 1.53. The third-order valence-corrected chi connectivity index (χ3v) is 2.79. The Morgan fingerprint density at radius 1 is 1.50 bits per heavy atom. The van der Waals surface area contributed by atoms with E-state index in [0.717, 1.165) is 12.1 Å². The van der Waals surface area contributed by atoms with Gasteiger partial charge in [0.1, 0.15) is 0 Å². The highest BCUT2D eigenvalue weighted by Gasteiger charge is 2.16. The van der Waals surface area contributed by atoms with Crippen LogP contribution in [0.1, 0.15) is 26.0 Å². The monoisotopic (exact) mass is 217 g/mol. The zero-order chi connectivity index (χ0) is 10.8. The quantitative estimate of drug-likeness (QED) is 0.797. The summed E-state index contributed by atoms with van der Waals surface area (Å²) in [4.78, 5) is 0. The fraction of sp³-hybridized carbons (Fsp3) is 0.625. The predicted molar refractivity (Wildman–Crippen MR) is 53.3 cm³/mol. The molecule has 0 aliphatic rings. The molecule has 0 fully saturated rings. The van der Waals surface area contributed by atoms with Gasteiger partial charge in [-0.25, -0.2) is 13.6 Å². The minimum atomic E-state index is -3.64. The summed E-state index contributed by atoms with van der Waals surface area (Å²) in [7, 11) is -3.64. The van der Waals surface area contributed by atoms with Crippen molar-refractivity contribution in [2.45, 2.75) is 38.3 Å². The van der Waals surface area contributed by atoms with E-state index in [9.17, 15) is 8.42 Å². The number of hydrogen-bond acceptors (Lipinski definition) is 3. The maximum absolute atomic E-state index is 11.2. The smallest absolute Gasteiger partial charge is 0.253 e. The topological polar surface area (TPSA) is 78.0 Å². The van der Waals surface area contributed by atoms with Crippen molar-refractivity contribution in [1.29, 1.82) is 0 Å². The Hall–Kier alpha value is -0.880. The summed E-state index contributed by atoms with van der Waals surface area (Å²) < 4.78 is 23.8. The van der Waals surface area contributed by atoms with Gasteiger partial charge in [0.15, 0.2) is 5.03 Å². The Labute approximate surface area is 84.0 Å². The molecule has 0 radical (unpaired) electrons. The standard InChI is InChI=1S/C8H15N3O2S/c1-3-5-11-8(14(9,12)13)6-7(4-2)10-11/h6H,3-5H2,1-2H3,(H2,9,12,13). The van der Waals surface area contributed by atoms with Crippen LogP contribution in [0.4, 0.5) is 0 Å². The van der Waals surface area contributed by atoms with Gasteiger partial charge in [0.2, 0.25) is 0 Å². The molecule has 0 saturated carbocycles.